The second kappa shape index (κ2) is 9.19. The van der Waals surface area contributed by atoms with Crippen LogP contribution in [0.5, 0.6) is 0 Å². The van der Waals surface area contributed by atoms with Crippen LogP contribution in [0.4, 0.5) is 27.3 Å². The molecule has 150 valence electrons. The van der Waals surface area contributed by atoms with Crippen molar-refractivity contribution in [3.63, 3.8) is 0 Å². The number of benzene rings is 2. The molecule has 0 saturated carbocycles. The molecule has 1 aromatic heterocycles. The van der Waals surface area contributed by atoms with Gasteiger partial charge in [-0.25, -0.2) is 9.37 Å². The summed E-state index contributed by atoms with van der Waals surface area (Å²) < 4.78 is 13.0. The molecule has 5 nitrogen and oxygen atoms in total. The first-order chi connectivity index (χ1) is 14.0. The lowest BCUT2D eigenvalue weighted by Crippen LogP contribution is -2.21. The van der Waals surface area contributed by atoms with Crippen molar-refractivity contribution >= 4 is 28.8 Å². The van der Waals surface area contributed by atoms with E-state index in [1.54, 1.807) is 18.3 Å². The minimum absolute atomic E-state index is 0.310. The second-order valence-electron chi connectivity index (χ2n) is 6.69. The number of nitrogens with one attached hydrogen (secondary N) is 2. The predicted molar refractivity (Wildman–Crippen MR) is 117 cm³/mol. The Morgan fingerprint density at radius 3 is 2.34 bits per heavy atom. The molecule has 0 saturated heterocycles. The quantitative estimate of drug-likeness (QED) is 0.567. The molecule has 0 aliphatic carbocycles. The standard InChI is InChI=1S/C23H25FN4O/c1-4-28(5-2)20-11-12-21(16(3)14-20)27-22-13-10-19(15-25-22)26-23(29)17-6-8-18(24)9-7-17/h6-15H,4-5H2,1-3H3,(H,25,27)(H,26,29). The third-order valence-corrected chi connectivity index (χ3v) is 4.73. The number of halogens is 1. The van der Waals surface area contributed by atoms with Crippen LogP contribution in [0.15, 0.2) is 60.8 Å². The van der Waals surface area contributed by atoms with Crippen LogP contribution in [-0.2, 0) is 0 Å². The van der Waals surface area contributed by atoms with Crippen molar-refractivity contribution in [2.75, 3.05) is 28.6 Å². The average molecular weight is 392 g/mol. The zero-order valence-electron chi connectivity index (χ0n) is 16.9. The van der Waals surface area contributed by atoms with Gasteiger partial charge >= 0.3 is 0 Å². The molecule has 1 amide bonds. The maximum absolute atomic E-state index is 13.0. The van der Waals surface area contributed by atoms with Gasteiger partial charge in [-0.1, -0.05) is 0 Å². The Morgan fingerprint density at radius 1 is 1.03 bits per heavy atom. The van der Waals surface area contributed by atoms with E-state index in [-0.39, 0.29) is 11.7 Å². The van der Waals surface area contributed by atoms with E-state index in [1.165, 1.54) is 30.0 Å². The number of aromatic nitrogens is 1. The lowest BCUT2D eigenvalue weighted by molar-refractivity contribution is 0.102. The lowest BCUT2D eigenvalue weighted by Gasteiger charge is -2.22. The van der Waals surface area contributed by atoms with Gasteiger partial charge in [0.25, 0.3) is 5.91 Å². The molecule has 0 bridgehead atoms. The van der Waals surface area contributed by atoms with Crippen molar-refractivity contribution in [2.45, 2.75) is 20.8 Å². The van der Waals surface area contributed by atoms with Crippen LogP contribution in [0.25, 0.3) is 0 Å². The van der Waals surface area contributed by atoms with Crippen LogP contribution < -0.4 is 15.5 Å². The molecule has 0 unspecified atom stereocenters. The normalized spacial score (nSPS) is 10.5. The minimum atomic E-state index is -0.376. The van der Waals surface area contributed by atoms with Crippen LogP contribution in [0.2, 0.25) is 0 Å². The Labute approximate surface area is 170 Å². The van der Waals surface area contributed by atoms with E-state index in [1.807, 2.05) is 0 Å². The third-order valence-electron chi connectivity index (χ3n) is 4.73. The van der Waals surface area contributed by atoms with E-state index in [0.29, 0.717) is 17.1 Å². The van der Waals surface area contributed by atoms with Crippen LogP contribution in [-0.4, -0.2) is 24.0 Å². The third kappa shape index (κ3) is 5.10. The van der Waals surface area contributed by atoms with Crippen molar-refractivity contribution in [3.8, 4) is 0 Å². The molecule has 0 radical (unpaired) electrons. The van der Waals surface area contributed by atoms with E-state index in [4.69, 9.17) is 0 Å². The molecule has 0 fully saturated rings. The molecule has 2 aromatic carbocycles. The molecule has 29 heavy (non-hydrogen) atoms. The van der Waals surface area contributed by atoms with Gasteiger partial charge in [-0.2, -0.15) is 0 Å². The number of anilines is 4. The van der Waals surface area contributed by atoms with Gasteiger partial charge in [0.15, 0.2) is 0 Å². The molecule has 3 aromatic rings. The fourth-order valence-corrected chi connectivity index (χ4v) is 3.06. The Balaban J connectivity index is 1.66. The molecule has 1 heterocycles. The van der Waals surface area contributed by atoms with Gasteiger partial charge in [-0.15, -0.1) is 0 Å². The average Bonchev–Trinajstić information content (AvgIpc) is 2.72. The smallest absolute Gasteiger partial charge is 0.255 e. The molecular formula is C23H25FN4O. The first-order valence-electron chi connectivity index (χ1n) is 9.65. The summed E-state index contributed by atoms with van der Waals surface area (Å²) in [6, 6.07) is 15.3. The van der Waals surface area contributed by atoms with Crippen molar-refractivity contribution in [1.29, 1.82) is 0 Å². The predicted octanol–water partition coefficient (Wildman–Crippen LogP) is 5.37. The van der Waals surface area contributed by atoms with Gasteiger partial charge in [0.1, 0.15) is 11.6 Å². The number of nitrogens with zero attached hydrogens (tertiary/aromatic N) is 2. The maximum atomic E-state index is 13.0. The van der Waals surface area contributed by atoms with Crippen LogP contribution >= 0.6 is 0 Å². The van der Waals surface area contributed by atoms with Crippen molar-refractivity contribution in [2.24, 2.45) is 0 Å². The summed E-state index contributed by atoms with van der Waals surface area (Å²) >= 11 is 0. The number of pyridine rings is 1. The summed E-state index contributed by atoms with van der Waals surface area (Å²) in [5, 5.41) is 6.06. The Hall–Kier alpha value is -3.41. The fraction of sp³-hybridized carbons (Fsp3) is 0.217. The second-order valence-corrected chi connectivity index (χ2v) is 6.69. The van der Waals surface area contributed by atoms with Crippen LogP contribution in [0.3, 0.4) is 0 Å². The molecule has 2 N–H and O–H groups in total. The molecule has 0 atom stereocenters. The highest BCUT2D eigenvalue weighted by atomic mass is 19.1. The van der Waals surface area contributed by atoms with Gasteiger partial charge in [0, 0.05) is 30.0 Å². The summed E-state index contributed by atoms with van der Waals surface area (Å²) in [4.78, 5) is 18.9. The summed E-state index contributed by atoms with van der Waals surface area (Å²) in [5.41, 5.74) is 4.27. The summed E-state index contributed by atoms with van der Waals surface area (Å²) in [7, 11) is 0. The maximum Gasteiger partial charge on any atom is 0.255 e. The van der Waals surface area contributed by atoms with Gasteiger partial charge < -0.3 is 15.5 Å². The van der Waals surface area contributed by atoms with Gasteiger partial charge in [0.05, 0.1) is 11.9 Å². The van der Waals surface area contributed by atoms with Crippen molar-refractivity contribution < 1.29 is 9.18 Å². The monoisotopic (exact) mass is 392 g/mol. The van der Waals surface area contributed by atoms with Crippen LogP contribution in [0, 0.1) is 12.7 Å². The van der Waals surface area contributed by atoms with Gasteiger partial charge in [-0.3, -0.25) is 4.79 Å². The Kier molecular flexibility index (Phi) is 6.44. The van der Waals surface area contributed by atoms with Crippen LogP contribution in [0.1, 0.15) is 29.8 Å². The number of aryl methyl sites for hydroxylation is 1. The highest BCUT2D eigenvalue weighted by molar-refractivity contribution is 6.04. The first kappa shape index (κ1) is 20.3. The fourth-order valence-electron chi connectivity index (χ4n) is 3.06. The zero-order chi connectivity index (χ0) is 20.8. The van der Waals surface area contributed by atoms with E-state index >= 15 is 0 Å². The molecule has 0 aliphatic rings. The van der Waals surface area contributed by atoms with Crippen molar-refractivity contribution in [3.05, 3.63) is 77.7 Å². The molecule has 6 heteroatoms. The van der Waals surface area contributed by atoms with E-state index in [0.717, 1.165) is 24.3 Å². The Morgan fingerprint density at radius 2 is 1.76 bits per heavy atom. The van der Waals surface area contributed by atoms with Gasteiger partial charge in [-0.05, 0) is 80.9 Å². The molecule has 0 spiro atoms. The zero-order valence-corrected chi connectivity index (χ0v) is 16.9. The molecular weight excluding hydrogens is 367 g/mol. The number of rotatable bonds is 7. The van der Waals surface area contributed by atoms with Crippen molar-refractivity contribution in [1.82, 2.24) is 4.98 Å². The molecule has 0 aliphatic heterocycles. The Bertz CT molecular complexity index is 967. The number of amides is 1. The van der Waals surface area contributed by atoms with E-state index in [2.05, 4.69) is 59.5 Å². The first-order valence-corrected chi connectivity index (χ1v) is 9.65. The highest BCUT2D eigenvalue weighted by Crippen LogP contribution is 2.25. The van der Waals surface area contributed by atoms with E-state index < -0.39 is 0 Å². The topological polar surface area (TPSA) is 57.3 Å². The lowest BCUT2D eigenvalue weighted by atomic mass is 10.1. The summed E-state index contributed by atoms with van der Waals surface area (Å²) in [5.74, 6) is -0.00196. The number of carbonyl (C=O) groups excluding carboxylic acids is 1. The van der Waals surface area contributed by atoms with Gasteiger partial charge in [0.2, 0.25) is 0 Å². The number of carbonyl (C=O) groups is 1. The highest BCUT2D eigenvalue weighted by Gasteiger charge is 2.08. The SMILES string of the molecule is CCN(CC)c1ccc(Nc2ccc(NC(=O)c3ccc(F)cc3)cn2)c(C)c1. The molecule has 3 rings (SSSR count). The minimum Gasteiger partial charge on any atom is -0.372 e. The number of hydrogen-bond donors (Lipinski definition) is 2. The number of hydrogen-bond acceptors (Lipinski definition) is 4. The largest absolute Gasteiger partial charge is 0.372 e. The summed E-state index contributed by atoms with van der Waals surface area (Å²) in [6.45, 7) is 8.29. The summed E-state index contributed by atoms with van der Waals surface area (Å²) in [6.07, 6.45) is 1.59. The van der Waals surface area contributed by atoms with E-state index in [9.17, 15) is 9.18 Å².